The fourth-order valence-corrected chi connectivity index (χ4v) is 8.41. The molecule has 0 aromatic heterocycles. The highest BCUT2D eigenvalue weighted by Crippen LogP contribution is 2.54. The van der Waals surface area contributed by atoms with Crippen molar-refractivity contribution in [2.24, 2.45) is 23.7 Å². The first-order valence-electron chi connectivity index (χ1n) is 10.4. The number of carbonyl (C=O) groups is 1. The number of hydrogen-bond donors (Lipinski definition) is 1. The van der Waals surface area contributed by atoms with Crippen molar-refractivity contribution < 1.29 is 26.2 Å². The summed E-state index contributed by atoms with van der Waals surface area (Å²) in [5.74, 6) is -0.331. The molecule has 3 saturated carbocycles. The minimum atomic E-state index is -4.37. The van der Waals surface area contributed by atoms with Gasteiger partial charge in [0.2, 0.25) is 15.9 Å². The molecule has 2 atom stereocenters. The molecular weight excluding hydrogens is 402 g/mol. The summed E-state index contributed by atoms with van der Waals surface area (Å²) in [6, 6.07) is 0. The predicted octanol–water partition coefficient (Wildman–Crippen LogP) is 2.83. The molecular formula is C19H33NO6S2. The Kier molecular flexibility index (Phi) is 6.19. The first kappa shape index (κ1) is 22.0. The smallest absolute Gasteiger partial charge is 0.266 e. The Labute approximate surface area is 169 Å². The van der Waals surface area contributed by atoms with Crippen LogP contribution in [0.25, 0.3) is 0 Å². The molecule has 0 aliphatic heterocycles. The summed E-state index contributed by atoms with van der Waals surface area (Å²) in [6.45, 7) is 3.40. The Morgan fingerprint density at radius 1 is 1.04 bits per heavy atom. The molecule has 0 saturated heterocycles. The second-order valence-corrected chi connectivity index (χ2v) is 13.4. The zero-order chi connectivity index (χ0) is 20.7. The second-order valence-electron chi connectivity index (χ2n) is 9.49. The van der Waals surface area contributed by atoms with Gasteiger partial charge in [-0.15, -0.1) is 0 Å². The number of amides is 1. The zero-order valence-corrected chi connectivity index (χ0v) is 18.5. The maximum Gasteiger partial charge on any atom is 0.266 e. The van der Waals surface area contributed by atoms with Crippen LogP contribution in [0.1, 0.15) is 71.6 Å². The monoisotopic (exact) mass is 435 g/mol. The fourth-order valence-electron chi connectivity index (χ4n) is 5.78. The van der Waals surface area contributed by atoms with E-state index in [9.17, 15) is 21.6 Å². The van der Waals surface area contributed by atoms with Gasteiger partial charge in [-0.25, -0.2) is 12.7 Å². The van der Waals surface area contributed by atoms with E-state index in [1.807, 2.05) is 0 Å². The number of fused-ring (bicyclic) bond motifs is 1. The average Bonchev–Trinajstić information content (AvgIpc) is 3.08. The summed E-state index contributed by atoms with van der Waals surface area (Å²) in [5.41, 5.74) is 0. The van der Waals surface area contributed by atoms with Crippen molar-refractivity contribution in [1.82, 2.24) is 4.31 Å². The van der Waals surface area contributed by atoms with Crippen molar-refractivity contribution in [1.29, 1.82) is 0 Å². The summed E-state index contributed by atoms with van der Waals surface area (Å²) in [5, 5.41) is 0. The molecule has 0 heterocycles. The third kappa shape index (κ3) is 4.41. The summed E-state index contributed by atoms with van der Waals surface area (Å²) in [4.78, 5) is 13.1. The van der Waals surface area contributed by atoms with Crippen molar-refractivity contribution in [3.8, 4) is 0 Å². The Bertz CT molecular complexity index is 786. The van der Waals surface area contributed by atoms with Crippen LogP contribution in [-0.4, -0.2) is 48.6 Å². The van der Waals surface area contributed by atoms with Gasteiger partial charge in [0.25, 0.3) is 10.1 Å². The number of sulfonamides is 1. The van der Waals surface area contributed by atoms with Gasteiger partial charge in [-0.2, -0.15) is 8.42 Å². The van der Waals surface area contributed by atoms with Gasteiger partial charge in [0, 0.05) is 5.92 Å². The predicted molar refractivity (Wildman–Crippen MR) is 107 cm³/mol. The summed E-state index contributed by atoms with van der Waals surface area (Å²) < 4.78 is 58.7. The Morgan fingerprint density at radius 3 is 2.07 bits per heavy atom. The molecule has 0 aromatic rings. The van der Waals surface area contributed by atoms with E-state index in [0.29, 0.717) is 43.4 Å². The van der Waals surface area contributed by atoms with Gasteiger partial charge in [-0.1, -0.05) is 26.2 Å². The first-order chi connectivity index (χ1) is 12.9. The molecule has 3 aliphatic rings. The van der Waals surface area contributed by atoms with Gasteiger partial charge in [-0.05, 0) is 63.2 Å². The van der Waals surface area contributed by atoms with Crippen LogP contribution < -0.4 is 0 Å². The van der Waals surface area contributed by atoms with Crippen LogP contribution in [0.15, 0.2) is 0 Å². The lowest BCUT2D eigenvalue weighted by molar-refractivity contribution is -0.131. The van der Waals surface area contributed by atoms with Crippen LogP contribution in [0.4, 0.5) is 0 Å². The van der Waals surface area contributed by atoms with Crippen LogP contribution in [0.5, 0.6) is 0 Å². The van der Waals surface area contributed by atoms with Crippen LogP contribution in [0.2, 0.25) is 0 Å². The quantitative estimate of drug-likeness (QED) is 0.643. The number of carbonyl (C=O) groups excluding carboxylic acids is 1. The Balaban J connectivity index is 1.86. The van der Waals surface area contributed by atoms with Gasteiger partial charge < -0.3 is 0 Å². The minimum absolute atomic E-state index is 0.350. The van der Waals surface area contributed by atoms with Gasteiger partial charge in [0.1, 0.15) is 0 Å². The van der Waals surface area contributed by atoms with Crippen molar-refractivity contribution in [3.05, 3.63) is 0 Å². The highest BCUT2D eigenvalue weighted by atomic mass is 32.2. The van der Waals surface area contributed by atoms with Crippen LogP contribution >= 0.6 is 0 Å². The van der Waals surface area contributed by atoms with E-state index in [1.54, 1.807) is 6.92 Å². The number of nitrogens with zero attached hydrogens (tertiary/aromatic N) is 1. The summed E-state index contributed by atoms with van der Waals surface area (Å²) in [7, 11) is -8.39. The van der Waals surface area contributed by atoms with Crippen molar-refractivity contribution in [3.63, 3.8) is 0 Å². The van der Waals surface area contributed by atoms with Gasteiger partial charge in [0.05, 0.1) is 17.0 Å². The fraction of sp³-hybridized carbons (Fsp3) is 0.947. The summed E-state index contributed by atoms with van der Waals surface area (Å²) >= 11 is 0. The molecule has 0 bridgehead atoms. The maximum absolute atomic E-state index is 13.6. The zero-order valence-electron chi connectivity index (χ0n) is 16.8. The maximum atomic E-state index is 13.6. The molecule has 0 radical (unpaired) electrons. The average molecular weight is 436 g/mol. The van der Waals surface area contributed by atoms with Gasteiger partial charge >= 0.3 is 0 Å². The number of hydrogen-bond acceptors (Lipinski definition) is 5. The molecule has 2 unspecified atom stereocenters. The Hall–Kier alpha value is -0.670. The highest BCUT2D eigenvalue weighted by Gasteiger charge is 2.55. The molecule has 3 fully saturated rings. The lowest BCUT2D eigenvalue weighted by Gasteiger charge is -2.35. The normalized spacial score (nSPS) is 34.3. The molecule has 162 valence electrons. The van der Waals surface area contributed by atoms with Crippen molar-refractivity contribution >= 4 is 26.0 Å². The molecule has 0 spiro atoms. The third-order valence-corrected chi connectivity index (χ3v) is 10.4. The van der Waals surface area contributed by atoms with Crippen LogP contribution in [0, 0.1) is 23.7 Å². The lowest BCUT2D eigenvalue weighted by atomic mass is 9.89. The van der Waals surface area contributed by atoms with E-state index in [-0.39, 0.29) is 5.92 Å². The molecule has 1 N–H and O–H groups in total. The topological polar surface area (TPSA) is 109 Å². The van der Waals surface area contributed by atoms with Crippen LogP contribution in [-0.2, 0) is 24.9 Å². The third-order valence-electron chi connectivity index (χ3n) is 7.13. The highest BCUT2D eigenvalue weighted by molar-refractivity contribution is 7.91. The molecule has 0 aromatic carbocycles. The van der Waals surface area contributed by atoms with Crippen molar-refractivity contribution in [2.45, 2.75) is 76.4 Å². The molecule has 3 aliphatic carbocycles. The van der Waals surface area contributed by atoms with Crippen molar-refractivity contribution in [2.75, 3.05) is 12.3 Å². The largest absolute Gasteiger partial charge is 0.285 e. The van der Waals surface area contributed by atoms with Gasteiger partial charge in [-0.3, -0.25) is 9.35 Å². The Morgan fingerprint density at radius 2 is 1.57 bits per heavy atom. The standard InChI is InChI=1S/C19H33NO6S2/c1-14-10-16-12-19(2,13-17(16)11-14)28(25,26)20(8-9-27(22,23)24)18(21)15-6-4-3-5-7-15/h14-17H,3-13H2,1-2H3,(H,22,23,24). The van der Waals surface area contributed by atoms with E-state index in [2.05, 4.69) is 6.92 Å². The van der Waals surface area contributed by atoms with Gasteiger partial charge in [0.15, 0.2) is 0 Å². The first-order valence-corrected chi connectivity index (χ1v) is 13.5. The lowest BCUT2D eigenvalue weighted by Crippen LogP contribution is -2.51. The minimum Gasteiger partial charge on any atom is -0.285 e. The van der Waals surface area contributed by atoms with E-state index >= 15 is 0 Å². The second kappa shape index (κ2) is 7.87. The van der Waals surface area contributed by atoms with E-state index in [1.165, 1.54) is 0 Å². The molecule has 7 nitrogen and oxygen atoms in total. The molecule has 1 amide bonds. The summed E-state index contributed by atoms with van der Waals surface area (Å²) in [6.07, 6.45) is 7.11. The van der Waals surface area contributed by atoms with E-state index in [0.717, 1.165) is 36.4 Å². The number of rotatable bonds is 6. The van der Waals surface area contributed by atoms with E-state index < -0.39 is 43.1 Å². The van der Waals surface area contributed by atoms with Crippen LogP contribution in [0.3, 0.4) is 0 Å². The molecule has 9 heteroatoms. The SMILES string of the molecule is CC1CC2CC(C)(S(=O)(=O)N(CCS(=O)(=O)O)C(=O)C3CCCCC3)CC2C1. The molecule has 3 rings (SSSR count). The molecule has 28 heavy (non-hydrogen) atoms. The van der Waals surface area contributed by atoms with E-state index in [4.69, 9.17) is 4.55 Å².